The number of rotatable bonds is 5. The van der Waals surface area contributed by atoms with Gasteiger partial charge in [-0.15, -0.1) is 0 Å². The molecule has 0 bridgehead atoms. The van der Waals surface area contributed by atoms with Crippen molar-refractivity contribution in [2.45, 2.75) is 11.3 Å². The molecule has 1 aliphatic heterocycles. The molecule has 0 amide bonds. The number of nitrogens with zero attached hydrogens (tertiary/aromatic N) is 3. The first-order valence-corrected chi connectivity index (χ1v) is 10.7. The molecule has 0 saturated carbocycles. The van der Waals surface area contributed by atoms with E-state index in [1.54, 1.807) is 7.11 Å². The summed E-state index contributed by atoms with van der Waals surface area (Å²) in [5, 5.41) is 2.94. The largest absolute Gasteiger partial charge is 0.497 e. The fourth-order valence-electron chi connectivity index (χ4n) is 3.24. The Balaban J connectivity index is 1.47. The molecular formula is C19H18F3N3O5S. The molecule has 0 aliphatic carbocycles. The summed E-state index contributed by atoms with van der Waals surface area (Å²) >= 11 is 0. The van der Waals surface area contributed by atoms with Crippen LogP contribution < -0.4 is 9.64 Å². The lowest BCUT2D eigenvalue weighted by molar-refractivity contribution is -0.155. The molecule has 0 unspecified atom stereocenters. The summed E-state index contributed by atoms with van der Waals surface area (Å²) in [5.41, 5.74) is 0.680. The number of halogens is 3. The van der Waals surface area contributed by atoms with Gasteiger partial charge in [-0.1, -0.05) is 11.2 Å². The molecule has 0 N–H and O–H groups in total. The summed E-state index contributed by atoms with van der Waals surface area (Å²) in [6.45, 7) is 1.35. The number of anilines is 1. The molecular weight excluding hydrogens is 439 g/mol. The highest BCUT2D eigenvalue weighted by atomic mass is 32.2. The van der Waals surface area contributed by atoms with Crippen molar-refractivity contribution < 1.29 is 35.3 Å². The average Bonchev–Trinajstić information content (AvgIpc) is 3.43. The zero-order valence-corrected chi connectivity index (χ0v) is 17.1. The standard InChI is InChI=1S/C19H18F3N3O5S/c1-28-14-4-2-3-13(11-14)24-7-9-25(10-8-24)31(26,27)18-6-5-16(29-18)15-12-17(30-23-15)19(20,21)22/h2-6,11-12H,7-10H2,1H3. The van der Waals surface area contributed by atoms with Crippen LogP contribution in [-0.2, 0) is 16.2 Å². The second-order valence-electron chi connectivity index (χ2n) is 6.79. The Morgan fingerprint density at radius 3 is 2.45 bits per heavy atom. The fraction of sp³-hybridized carbons (Fsp3) is 0.316. The van der Waals surface area contributed by atoms with Crippen LogP contribution in [0.3, 0.4) is 0 Å². The summed E-state index contributed by atoms with van der Waals surface area (Å²) in [4.78, 5) is 2.04. The highest BCUT2D eigenvalue weighted by Gasteiger charge is 2.37. The van der Waals surface area contributed by atoms with Gasteiger partial charge in [-0.3, -0.25) is 0 Å². The predicted octanol–water partition coefficient (Wildman–Crippen LogP) is 3.47. The molecule has 0 spiro atoms. The van der Waals surface area contributed by atoms with Crippen molar-refractivity contribution in [3.8, 4) is 17.2 Å². The molecule has 8 nitrogen and oxygen atoms in total. The van der Waals surface area contributed by atoms with Crippen LogP contribution in [0.4, 0.5) is 18.9 Å². The molecule has 4 rings (SSSR count). The van der Waals surface area contributed by atoms with Crippen molar-refractivity contribution in [3.05, 3.63) is 48.2 Å². The predicted molar refractivity (Wildman–Crippen MR) is 103 cm³/mol. The van der Waals surface area contributed by atoms with Crippen molar-refractivity contribution in [1.29, 1.82) is 0 Å². The van der Waals surface area contributed by atoms with Gasteiger partial charge in [0.1, 0.15) is 11.4 Å². The van der Waals surface area contributed by atoms with E-state index in [4.69, 9.17) is 9.15 Å². The number of piperazine rings is 1. The van der Waals surface area contributed by atoms with E-state index in [2.05, 4.69) is 9.68 Å². The Kier molecular flexibility index (Phi) is 5.43. The summed E-state index contributed by atoms with van der Waals surface area (Å²) in [5.74, 6) is -0.720. The number of hydrogen-bond donors (Lipinski definition) is 0. The maximum absolute atomic E-state index is 12.9. The number of hydrogen-bond acceptors (Lipinski definition) is 7. The molecule has 1 aromatic carbocycles. The van der Waals surface area contributed by atoms with E-state index in [0.29, 0.717) is 24.9 Å². The van der Waals surface area contributed by atoms with Crippen LogP contribution in [0.5, 0.6) is 5.75 Å². The smallest absolute Gasteiger partial charge is 0.452 e. The van der Waals surface area contributed by atoms with Gasteiger partial charge in [-0.25, -0.2) is 8.42 Å². The lowest BCUT2D eigenvalue weighted by atomic mass is 10.2. The quantitative estimate of drug-likeness (QED) is 0.580. The van der Waals surface area contributed by atoms with Gasteiger partial charge in [0, 0.05) is 44.0 Å². The molecule has 0 atom stereocenters. The molecule has 2 aromatic heterocycles. The van der Waals surface area contributed by atoms with Crippen LogP contribution in [0.15, 0.2) is 56.5 Å². The molecule has 166 valence electrons. The fourth-order valence-corrected chi connectivity index (χ4v) is 4.58. The minimum Gasteiger partial charge on any atom is -0.497 e. The zero-order valence-electron chi connectivity index (χ0n) is 16.3. The van der Waals surface area contributed by atoms with Crippen LogP contribution in [0.25, 0.3) is 11.5 Å². The first kappa shape index (κ1) is 21.2. The van der Waals surface area contributed by atoms with Crippen LogP contribution in [-0.4, -0.2) is 51.2 Å². The van der Waals surface area contributed by atoms with Crippen molar-refractivity contribution in [3.63, 3.8) is 0 Å². The Hall–Kier alpha value is -2.99. The van der Waals surface area contributed by atoms with Gasteiger partial charge >= 0.3 is 6.18 Å². The molecule has 0 radical (unpaired) electrons. The van der Waals surface area contributed by atoms with Crippen molar-refractivity contribution in [2.24, 2.45) is 0 Å². The van der Waals surface area contributed by atoms with Gasteiger partial charge in [0.25, 0.3) is 10.0 Å². The molecule has 31 heavy (non-hydrogen) atoms. The SMILES string of the molecule is COc1cccc(N2CCN(S(=O)(=O)c3ccc(-c4cc(C(F)(F)F)on4)o3)CC2)c1. The van der Waals surface area contributed by atoms with Gasteiger partial charge < -0.3 is 18.6 Å². The monoisotopic (exact) mass is 457 g/mol. The average molecular weight is 457 g/mol. The van der Waals surface area contributed by atoms with E-state index >= 15 is 0 Å². The van der Waals surface area contributed by atoms with Crippen LogP contribution >= 0.6 is 0 Å². The molecule has 1 saturated heterocycles. The summed E-state index contributed by atoms with van der Waals surface area (Å²) < 4.78 is 79.9. The van der Waals surface area contributed by atoms with E-state index < -0.39 is 22.0 Å². The maximum atomic E-state index is 12.9. The Morgan fingerprint density at radius 2 is 1.81 bits per heavy atom. The first-order valence-electron chi connectivity index (χ1n) is 9.22. The Labute approximate surface area is 175 Å². The second-order valence-corrected chi connectivity index (χ2v) is 8.65. The molecule has 3 aromatic rings. The third kappa shape index (κ3) is 4.26. The maximum Gasteiger partial charge on any atom is 0.452 e. The van der Waals surface area contributed by atoms with E-state index in [1.165, 1.54) is 16.4 Å². The Morgan fingerprint density at radius 1 is 1.06 bits per heavy atom. The van der Waals surface area contributed by atoms with Gasteiger partial charge in [0.15, 0.2) is 5.76 Å². The van der Waals surface area contributed by atoms with Crippen molar-refractivity contribution in [1.82, 2.24) is 9.46 Å². The van der Waals surface area contributed by atoms with E-state index in [9.17, 15) is 21.6 Å². The molecule has 12 heteroatoms. The lowest BCUT2D eigenvalue weighted by Crippen LogP contribution is -2.48. The number of benzene rings is 1. The van der Waals surface area contributed by atoms with Gasteiger partial charge in [-0.05, 0) is 24.3 Å². The molecule has 1 fully saturated rings. The minimum atomic E-state index is -4.70. The summed E-state index contributed by atoms with van der Waals surface area (Å²) in [6.07, 6.45) is -4.70. The Bertz CT molecular complexity index is 1160. The lowest BCUT2D eigenvalue weighted by Gasteiger charge is -2.35. The van der Waals surface area contributed by atoms with E-state index in [0.717, 1.165) is 5.69 Å². The van der Waals surface area contributed by atoms with Gasteiger partial charge in [0.05, 0.1) is 7.11 Å². The first-order chi connectivity index (χ1) is 14.7. The summed E-state index contributed by atoms with van der Waals surface area (Å²) in [7, 11) is -2.38. The van der Waals surface area contributed by atoms with Crippen molar-refractivity contribution >= 4 is 15.7 Å². The number of methoxy groups -OCH3 is 1. The van der Waals surface area contributed by atoms with Crippen LogP contribution in [0, 0.1) is 0 Å². The van der Waals surface area contributed by atoms with Crippen molar-refractivity contribution in [2.75, 3.05) is 38.2 Å². The zero-order chi connectivity index (χ0) is 22.2. The highest BCUT2D eigenvalue weighted by Crippen LogP contribution is 2.33. The van der Waals surface area contributed by atoms with Gasteiger partial charge in [0.2, 0.25) is 10.9 Å². The second kappa shape index (κ2) is 7.93. The number of furan rings is 1. The third-order valence-electron chi connectivity index (χ3n) is 4.87. The number of sulfonamides is 1. The minimum absolute atomic E-state index is 0.132. The normalized spacial score (nSPS) is 15.9. The number of aromatic nitrogens is 1. The molecule has 3 heterocycles. The third-order valence-corrected chi connectivity index (χ3v) is 6.65. The topological polar surface area (TPSA) is 89.0 Å². The van der Waals surface area contributed by atoms with E-state index in [1.807, 2.05) is 29.2 Å². The number of ether oxygens (including phenoxy) is 1. The van der Waals surface area contributed by atoms with Gasteiger partial charge in [-0.2, -0.15) is 17.5 Å². The summed E-state index contributed by atoms with van der Waals surface area (Å²) in [6, 6.07) is 10.6. The van der Waals surface area contributed by atoms with E-state index in [-0.39, 0.29) is 29.6 Å². The van der Waals surface area contributed by atoms with Crippen LogP contribution in [0.2, 0.25) is 0 Å². The van der Waals surface area contributed by atoms with Crippen LogP contribution in [0.1, 0.15) is 5.76 Å². The number of alkyl halides is 3. The molecule has 1 aliphatic rings. The highest BCUT2D eigenvalue weighted by molar-refractivity contribution is 7.89.